The zero-order valence-corrected chi connectivity index (χ0v) is 23.4. The van der Waals surface area contributed by atoms with Crippen molar-refractivity contribution in [1.29, 1.82) is 0 Å². The van der Waals surface area contributed by atoms with E-state index in [0.29, 0.717) is 36.6 Å². The molecule has 0 spiro atoms. The lowest BCUT2D eigenvalue weighted by molar-refractivity contribution is -0.137. The van der Waals surface area contributed by atoms with Gasteiger partial charge in [-0.25, -0.2) is 9.97 Å². The number of primary amides is 1. The van der Waals surface area contributed by atoms with Gasteiger partial charge in [0.15, 0.2) is 17.3 Å². The van der Waals surface area contributed by atoms with Crippen molar-refractivity contribution < 1.29 is 14.4 Å². The van der Waals surface area contributed by atoms with Crippen LogP contribution < -0.4 is 21.3 Å². The SMILES string of the molecule is C=CC(=O)N(C)[C@@](C)([Si])C(=O)NCCc1cccc(Nc2nc(N(C)C(C)C)c(CC)nc2C(N)=O)c1. The molecule has 11 heteroatoms. The van der Waals surface area contributed by atoms with Crippen LogP contribution in [-0.2, 0) is 22.4 Å². The van der Waals surface area contributed by atoms with E-state index in [1.54, 1.807) is 6.92 Å². The van der Waals surface area contributed by atoms with Crippen molar-refractivity contribution in [2.75, 3.05) is 30.9 Å². The van der Waals surface area contributed by atoms with Crippen LogP contribution in [0, 0.1) is 0 Å². The zero-order valence-electron chi connectivity index (χ0n) is 22.4. The number of hydrogen-bond acceptors (Lipinski definition) is 7. The molecule has 1 aromatic carbocycles. The topological polar surface area (TPSA) is 134 Å². The van der Waals surface area contributed by atoms with Gasteiger partial charge in [0.05, 0.1) is 15.9 Å². The molecular formula is C26H36N7O3Si. The second-order valence-electron chi connectivity index (χ2n) is 9.12. The van der Waals surface area contributed by atoms with Crippen LogP contribution in [0.1, 0.15) is 49.4 Å². The zero-order chi connectivity index (χ0) is 27.9. The summed E-state index contributed by atoms with van der Waals surface area (Å²) in [4.78, 5) is 49.2. The number of amides is 3. The van der Waals surface area contributed by atoms with Crippen molar-refractivity contribution in [3.8, 4) is 0 Å². The van der Waals surface area contributed by atoms with Crippen LogP contribution >= 0.6 is 0 Å². The molecule has 10 nitrogen and oxygen atoms in total. The summed E-state index contributed by atoms with van der Waals surface area (Å²) in [6.07, 6.45) is 2.29. The fourth-order valence-corrected chi connectivity index (χ4v) is 3.63. The van der Waals surface area contributed by atoms with E-state index < -0.39 is 11.1 Å². The molecule has 0 bridgehead atoms. The van der Waals surface area contributed by atoms with Gasteiger partial charge in [0.25, 0.3) is 5.91 Å². The minimum Gasteiger partial charge on any atom is -0.364 e. The Morgan fingerprint density at radius 2 is 1.92 bits per heavy atom. The third kappa shape index (κ3) is 7.16. The van der Waals surface area contributed by atoms with Crippen molar-refractivity contribution >= 4 is 45.3 Å². The van der Waals surface area contributed by atoms with Gasteiger partial charge in [-0.3, -0.25) is 14.4 Å². The molecule has 1 heterocycles. The summed E-state index contributed by atoms with van der Waals surface area (Å²) in [7, 11) is 6.83. The van der Waals surface area contributed by atoms with E-state index in [0.717, 1.165) is 11.6 Å². The Morgan fingerprint density at radius 3 is 2.49 bits per heavy atom. The van der Waals surface area contributed by atoms with Crippen LogP contribution in [0.4, 0.5) is 17.3 Å². The lowest BCUT2D eigenvalue weighted by Crippen LogP contribution is -2.57. The molecule has 0 unspecified atom stereocenters. The maximum absolute atomic E-state index is 12.7. The summed E-state index contributed by atoms with van der Waals surface area (Å²) in [5.41, 5.74) is 8.02. The molecule has 0 fully saturated rings. The highest BCUT2D eigenvalue weighted by molar-refractivity contribution is 6.29. The van der Waals surface area contributed by atoms with Gasteiger partial charge in [-0.15, -0.1) is 0 Å². The number of nitrogens with one attached hydrogen (secondary N) is 2. The Labute approximate surface area is 222 Å². The van der Waals surface area contributed by atoms with Gasteiger partial charge in [-0.2, -0.15) is 0 Å². The minimum absolute atomic E-state index is 0.0741. The molecule has 4 N–H and O–H groups in total. The van der Waals surface area contributed by atoms with Crippen LogP contribution in [-0.4, -0.2) is 74.7 Å². The van der Waals surface area contributed by atoms with Gasteiger partial charge >= 0.3 is 0 Å². The quantitative estimate of drug-likeness (QED) is 0.286. The van der Waals surface area contributed by atoms with Gasteiger partial charge in [-0.05, 0) is 57.4 Å². The molecule has 1 atom stereocenters. The Kier molecular flexibility index (Phi) is 9.95. The lowest BCUT2D eigenvalue weighted by Gasteiger charge is -2.33. The van der Waals surface area contributed by atoms with Gasteiger partial charge in [-0.1, -0.05) is 25.6 Å². The molecule has 3 radical (unpaired) electrons. The predicted molar refractivity (Wildman–Crippen MR) is 147 cm³/mol. The predicted octanol–water partition coefficient (Wildman–Crippen LogP) is 1.91. The summed E-state index contributed by atoms with van der Waals surface area (Å²) < 4.78 is 0. The Hall–Kier alpha value is -3.73. The largest absolute Gasteiger partial charge is 0.364 e. The van der Waals surface area contributed by atoms with Gasteiger partial charge in [0, 0.05) is 32.4 Å². The van der Waals surface area contributed by atoms with E-state index in [4.69, 9.17) is 10.7 Å². The third-order valence-corrected chi connectivity index (χ3v) is 6.69. The number of nitrogens with two attached hydrogens (primary N) is 1. The molecule has 2 rings (SSSR count). The molecule has 3 amide bonds. The van der Waals surface area contributed by atoms with Crippen LogP contribution in [0.3, 0.4) is 0 Å². The standard InChI is InChI=1S/C26H36N7O3Si/c1-8-19-24(32(6)16(3)4)31-23(21(30-19)22(27)35)29-18-12-10-11-17(15-18)13-14-28-25(36)26(5,37)33(7)20(34)9-2/h9-12,15-16H,2,8,13-14H2,1,3-7H3,(H2,27,35)(H,28,36)(H,29,31)/t26-/m0/s1. The number of nitrogens with zero attached hydrogens (tertiary/aromatic N) is 4. The third-order valence-electron chi connectivity index (χ3n) is 6.13. The number of anilines is 3. The number of aryl methyl sites for hydroxylation is 1. The summed E-state index contributed by atoms with van der Waals surface area (Å²) in [5, 5.41) is 4.81. The summed E-state index contributed by atoms with van der Waals surface area (Å²) >= 11 is 0. The van der Waals surface area contributed by atoms with E-state index in [2.05, 4.69) is 32.4 Å². The number of benzene rings is 1. The van der Waals surface area contributed by atoms with E-state index >= 15 is 0 Å². The van der Waals surface area contributed by atoms with Crippen LogP contribution in [0.25, 0.3) is 0 Å². The Bertz CT molecular complexity index is 1170. The summed E-state index contributed by atoms with van der Waals surface area (Å²) in [6.45, 7) is 11.4. The molecule has 197 valence electrons. The molecule has 0 aliphatic carbocycles. The van der Waals surface area contributed by atoms with Gasteiger partial charge in [0.2, 0.25) is 11.8 Å². The fourth-order valence-electron chi connectivity index (χ4n) is 3.43. The van der Waals surface area contributed by atoms with Crippen molar-refractivity contribution in [3.63, 3.8) is 0 Å². The summed E-state index contributed by atoms with van der Waals surface area (Å²) in [5.74, 6) is -0.432. The first kappa shape index (κ1) is 29.5. The van der Waals surface area contributed by atoms with Crippen molar-refractivity contribution in [2.45, 2.75) is 51.7 Å². The first-order valence-corrected chi connectivity index (χ1v) is 12.6. The van der Waals surface area contributed by atoms with Gasteiger partial charge < -0.3 is 26.2 Å². The Balaban J connectivity index is 2.20. The molecule has 0 aliphatic rings. The van der Waals surface area contributed by atoms with Crippen molar-refractivity contribution in [1.82, 2.24) is 20.2 Å². The molecular weight excluding hydrogens is 486 g/mol. The number of likely N-dealkylation sites (N-methyl/N-ethyl adjacent to an activating group) is 1. The van der Waals surface area contributed by atoms with Crippen LogP contribution in [0.15, 0.2) is 36.9 Å². The van der Waals surface area contributed by atoms with Crippen molar-refractivity contribution in [3.05, 3.63) is 53.9 Å². The Morgan fingerprint density at radius 1 is 1.24 bits per heavy atom. The molecule has 1 aromatic heterocycles. The number of aromatic nitrogens is 2. The number of hydrogen-bond donors (Lipinski definition) is 3. The second-order valence-corrected chi connectivity index (χ2v) is 10.1. The average Bonchev–Trinajstić information content (AvgIpc) is 2.86. The van der Waals surface area contributed by atoms with Crippen LogP contribution in [0.5, 0.6) is 0 Å². The molecule has 0 saturated carbocycles. The fraction of sp³-hybridized carbons (Fsp3) is 0.423. The number of carbonyl (C=O) groups is 3. The molecule has 2 aromatic rings. The normalized spacial score (nSPS) is 12.4. The highest BCUT2D eigenvalue weighted by Crippen LogP contribution is 2.25. The first-order valence-electron chi connectivity index (χ1n) is 12.1. The summed E-state index contributed by atoms with van der Waals surface area (Å²) in [6, 6.07) is 7.72. The number of carbonyl (C=O) groups excluding carboxylic acids is 3. The highest BCUT2D eigenvalue weighted by Gasteiger charge is 2.34. The van der Waals surface area contributed by atoms with Crippen molar-refractivity contribution in [2.24, 2.45) is 5.73 Å². The second kappa shape index (κ2) is 12.5. The monoisotopic (exact) mass is 522 g/mol. The minimum atomic E-state index is -1.22. The van der Waals surface area contributed by atoms with E-state index in [1.807, 2.05) is 57.0 Å². The van der Waals surface area contributed by atoms with E-state index in [-0.39, 0.29) is 29.4 Å². The highest BCUT2D eigenvalue weighted by atomic mass is 28.1. The molecule has 37 heavy (non-hydrogen) atoms. The lowest BCUT2D eigenvalue weighted by atomic mass is 10.1. The first-order chi connectivity index (χ1) is 17.3. The van der Waals surface area contributed by atoms with Gasteiger partial charge in [0.1, 0.15) is 5.16 Å². The van der Waals surface area contributed by atoms with E-state index in [9.17, 15) is 14.4 Å². The van der Waals surface area contributed by atoms with E-state index in [1.165, 1.54) is 11.9 Å². The maximum atomic E-state index is 12.7. The maximum Gasteiger partial charge on any atom is 0.271 e. The van der Waals surface area contributed by atoms with Crippen LogP contribution in [0.2, 0.25) is 0 Å². The smallest absolute Gasteiger partial charge is 0.271 e. The molecule has 0 aliphatic heterocycles. The molecule has 0 saturated heterocycles. The average molecular weight is 523 g/mol. The number of rotatable bonds is 12.